The normalized spacial score (nSPS) is 10.5. The average molecular weight is 259 g/mol. The quantitative estimate of drug-likeness (QED) is 0.739. The fraction of sp³-hybridized carbons (Fsp3) is 0.111. The molecule has 16 heavy (non-hydrogen) atoms. The molecular formula is C9H5Cl2FN4. The van der Waals surface area contributed by atoms with E-state index in [1.165, 1.54) is 12.1 Å². The first kappa shape index (κ1) is 11.2. The molecule has 2 aromatic rings. The molecule has 0 saturated heterocycles. The van der Waals surface area contributed by atoms with Gasteiger partial charge in [-0.15, -0.1) is 20.4 Å². The summed E-state index contributed by atoms with van der Waals surface area (Å²) in [5.41, 5.74) is 0.469. The zero-order chi connectivity index (χ0) is 11.7. The van der Waals surface area contributed by atoms with E-state index in [0.717, 1.165) is 0 Å². The summed E-state index contributed by atoms with van der Waals surface area (Å²) in [6.07, 6.45) is 0. The van der Waals surface area contributed by atoms with Gasteiger partial charge in [0.1, 0.15) is 0 Å². The number of halogens is 3. The number of benzene rings is 1. The van der Waals surface area contributed by atoms with Gasteiger partial charge in [-0.1, -0.05) is 23.2 Å². The average Bonchev–Trinajstić information content (AvgIpc) is 2.26. The number of rotatable bonds is 1. The van der Waals surface area contributed by atoms with E-state index in [2.05, 4.69) is 20.4 Å². The van der Waals surface area contributed by atoms with Crippen LogP contribution < -0.4 is 0 Å². The Morgan fingerprint density at radius 1 is 1.00 bits per heavy atom. The molecular weight excluding hydrogens is 254 g/mol. The highest BCUT2D eigenvalue weighted by atomic mass is 35.5. The highest BCUT2D eigenvalue weighted by Crippen LogP contribution is 2.28. The van der Waals surface area contributed by atoms with Crippen LogP contribution in [0.2, 0.25) is 10.0 Å². The highest BCUT2D eigenvalue weighted by molar-refractivity contribution is 6.35. The molecule has 0 aliphatic carbocycles. The van der Waals surface area contributed by atoms with Gasteiger partial charge in [0, 0.05) is 5.56 Å². The standard InChI is InChI=1S/C9H5Cl2FN4/c1-4-13-15-9(16-14-4)5-2-6(10)8(12)7(11)3-5/h2-3H,1H3. The first-order chi connectivity index (χ1) is 7.58. The van der Waals surface area contributed by atoms with Crippen molar-refractivity contribution in [3.63, 3.8) is 0 Å². The van der Waals surface area contributed by atoms with Gasteiger partial charge in [0.25, 0.3) is 0 Å². The van der Waals surface area contributed by atoms with Crippen molar-refractivity contribution in [1.82, 2.24) is 20.4 Å². The fourth-order valence-electron chi connectivity index (χ4n) is 1.08. The van der Waals surface area contributed by atoms with Crippen LogP contribution in [0.3, 0.4) is 0 Å². The molecule has 0 amide bonds. The summed E-state index contributed by atoms with van der Waals surface area (Å²) in [5.74, 6) is 0.0255. The van der Waals surface area contributed by atoms with E-state index in [-0.39, 0.29) is 15.9 Å². The van der Waals surface area contributed by atoms with Crippen molar-refractivity contribution >= 4 is 23.2 Å². The Morgan fingerprint density at radius 3 is 2.00 bits per heavy atom. The van der Waals surface area contributed by atoms with E-state index in [9.17, 15) is 4.39 Å². The van der Waals surface area contributed by atoms with Crippen LogP contribution in [-0.2, 0) is 0 Å². The minimum absolute atomic E-state index is 0.0910. The summed E-state index contributed by atoms with van der Waals surface area (Å²) in [4.78, 5) is 0. The lowest BCUT2D eigenvalue weighted by Gasteiger charge is -2.02. The van der Waals surface area contributed by atoms with Crippen molar-refractivity contribution in [2.45, 2.75) is 6.92 Å². The molecule has 0 atom stereocenters. The van der Waals surface area contributed by atoms with Gasteiger partial charge < -0.3 is 0 Å². The molecule has 4 nitrogen and oxygen atoms in total. The number of hydrogen-bond donors (Lipinski definition) is 0. The van der Waals surface area contributed by atoms with E-state index in [0.29, 0.717) is 11.4 Å². The van der Waals surface area contributed by atoms with Gasteiger partial charge in [0.2, 0.25) is 5.82 Å². The van der Waals surface area contributed by atoms with Gasteiger partial charge >= 0.3 is 0 Å². The Labute approximate surface area is 100 Å². The maximum atomic E-state index is 13.2. The van der Waals surface area contributed by atoms with E-state index < -0.39 is 5.82 Å². The molecule has 0 aliphatic rings. The van der Waals surface area contributed by atoms with Gasteiger partial charge in [0.15, 0.2) is 11.6 Å². The van der Waals surface area contributed by atoms with Crippen LogP contribution in [0.1, 0.15) is 5.82 Å². The van der Waals surface area contributed by atoms with E-state index in [4.69, 9.17) is 23.2 Å². The van der Waals surface area contributed by atoms with Gasteiger partial charge in [0.05, 0.1) is 10.0 Å². The van der Waals surface area contributed by atoms with Crippen molar-refractivity contribution in [1.29, 1.82) is 0 Å². The molecule has 2 rings (SSSR count). The predicted molar refractivity (Wildman–Crippen MR) is 57.8 cm³/mol. The minimum atomic E-state index is -0.667. The van der Waals surface area contributed by atoms with Crippen LogP contribution in [0.15, 0.2) is 12.1 Å². The third kappa shape index (κ3) is 2.10. The van der Waals surface area contributed by atoms with Crippen LogP contribution in [-0.4, -0.2) is 20.4 Å². The Balaban J connectivity index is 2.52. The summed E-state index contributed by atoms with van der Waals surface area (Å²) < 4.78 is 13.2. The number of aryl methyl sites for hydroxylation is 1. The molecule has 0 bridgehead atoms. The molecule has 0 unspecified atom stereocenters. The van der Waals surface area contributed by atoms with E-state index in [1.54, 1.807) is 6.92 Å². The Morgan fingerprint density at radius 2 is 1.50 bits per heavy atom. The summed E-state index contributed by atoms with van der Waals surface area (Å²) in [6, 6.07) is 2.74. The van der Waals surface area contributed by atoms with Crippen LogP contribution in [0.4, 0.5) is 4.39 Å². The summed E-state index contributed by atoms with van der Waals surface area (Å²) in [5, 5.41) is 14.9. The van der Waals surface area contributed by atoms with Crippen LogP contribution >= 0.6 is 23.2 Å². The number of aromatic nitrogens is 4. The second-order valence-electron chi connectivity index (χ2n) is 3.02. The third-order valence-electron chi connectivity index (χ3n) is 1.82. The summed E-state index contributed by atoms with van der Waals surface area (Å²) in [7, 11) is 0. The van der Waals surface area contributed by atoms with E-state index in [1.807, 2.05) is 0 Å². The van der Waals surface area contributed by atoms with Gasteiger partial charge in [-0.25, -0.2) is 4.39 Å². The largest absolute Gasteiger partial charge is 0.204 e. The maximum absolute atomic E-state index is 13.2. The lowest BCUT2D eigenvalue weighted by molar-refractivity contribution is 0.628. The molecule has 82 valence electrons. The topological polar surface area (TPSA) is 51.6 Å². The molecule has 0 saturated carbocycles. The summed E-state index contributed by atoms with van der Waals surface area (Å²) in [6.45, 7) is 1.66. The zero-order valence-corrected chi connectivity index (χ0v) is 9.59. The first-order valence-corrected chi connectivity index (χ1v) is 5.02. The minimum Gasteiger partial charge on any atom is -0.204 e. The van der Waals surface area contributed by atoms with Crippen LogP contribution in [0, 0.1) is 12.7 Å². The number of hydrogen-bond acceptors (Lipinski definition) is 4. The Kier molecular flexibility index (Phi) is 2.98. The molecule has 0 aliphatic heterocycles. The lowest BCUT2D eigenvalue weighted by atomic mass is 10.2. The molecule has 7 heteroatoms. The maximum Gasteiger partial charge on any atom is 0.203 e. The Hall–Kier alpha value is -1.33. The monoisotopic (exact) mass is 258 g/mol. The molecule has 1 aromatic heterocycles. The molecule has 0 fully saturated rings. The molecule has 1 aromatic carbocycles. The van der Waals surface area contributed by atoms with Crippen molar-refractivity contribution in [2.75, 3.05) is 0 Å². The summed E-state index contributed by atoms with van der Waals surface area (Å²) >= 11 is 11.3. The van der Waals surface area contributed by atoms with Crippen molar-refractivity contribution < 1.29 is 4.39 Å². The molecule has 0 radical (unpaired) electrons. The SMILES string of the molecule is Cc1nnc(-c2cc(Cl)c(F)c(Cl)c2)nn1. The van der Waals surface area contributed by atoms with Gasteiger partial charge in [-0.3, -0.25) is 0 Å². The van der Waals surface area contributed by atoms with Crippen molar-refractivity contribution in [3.05, 3.63) is 33.8 Å². The first-order valence-electron chi connectivity index (χ1n) is 4.27. The third-order valence-corrected chi connectivity index (χ3v) is 2.37. The van der Waals surface area contributed by atoms with Crippen LogP contribution in [0.5, 0.6) is 0 Å². The lowest BCUT2D eigenvalue weighted by Crippen LogP contribution is -1.98. The second kappa shape index (κ2) is 4.27. The fourth-order valence-corrected chi connectivity index (χ4v) is 1.57. The molecule has 0 N–H and O–H groups in total. The van der Waals surface area contributed by atoms with Crippen LogP contribution in [0.25, 0.3) is 11.4 Å². The molecule has 1 heterocycles. The Bertz CT molecular complexity index is 507. The van der Waals surface area contributed by atoms with Crippen molar-refractivity contribution in [3.8, 4) is 11.4 Å². The number of nitrogens with zero attached hydrogens (tertiary/aromatic N) is 4. The second-order valence-corrected chi connectivity index (χ2v) is 3.84. The van der Waals surface area contributed by atoms with Gasteiger partial charge in [-0.05, 0) is 19.1 Å². The molecule has 0 spiro atoms. The van der Waals surface area contributed by atoms with E-state index >= 15 is 0 Å². The highest BCUT2D eigenvalue weighted by Gasteiger charge is 2.11. The van der Waals surface area contributed by atoms with Gasteiger partial charge in [-0.2, -0.15) is 0 Å². The van der Waals surface area contributed by atoms with Crippen molar-refractivity contribution in [2.24, 2.45) is 0 Å². The smallest absolute Gasteiger partial charge is 0.203 e. The zero-order valence-electron chi connectivity index (χ0n) is 8.08. The predicted octanol–water partition coefficient (Wildman–Crippen LogP) is 2.69.